The van der Waals surface area contributed by atoms with Gasteiger partial charge < -0.3 is 5.32 Å². The molecule has 1 heterocycles. The van der Waals surface area contributed by atoms with Crippen molar-refractivity contribution in [3.8, 4) is 0 Å². The van der Waals surface area contributed by atoms with Gasteiger partial charge in [0.1, 0.15) is 0 Å². The zero-order valence-corrected chi connectivity index (χ0v) is 13.2. The first-order chi connectivity index (χ1) is 10.2. The molecule has 0 bridgehead atoms. The van der Waals surface area contributed by atoms with Gasteiger partial charge >= 0.3 is 0 Å². The molecule has 3 rings (SSSR count). The Kier molecular flexibility index (Phi) is 4.47. The number of benzene rings is 2. The van der Waals surface area contributed by atoms with Crippen LogP contribution in [0.5, 0.6) is 0 Å². The zero-order chi connectivity index (χ0) is 14.7. The summed E-state index contributed by atoms with van der Waals surface area (Å²) in [4.78, 5) is 2.32. The predicted molar refractivity (Wildman–Crippen MR) is 89.9 cm³/mol. The van der Waals surface area contributed by atoms with E-state index in [2.05, 4.69) is 41.5 Å². The third-order valence-corrected chi connectivity index (χ3v) is 4.40. The van der Waals surface area contributed by atoms with Crippen LogP contribution in [-0.2, 0) is 19.5 Å². The molecular weight excluding hydrogens is 280 g/mol. The largest absolute Gasteiger partial charge is 0.385 e. The summed E-state index contributed by atoms with van der Waals surface area (Å²) in [5.41, 5.74) is 5.40. The van der Waals surface area contributed by atoms with Crippen molar-refractivity contribution in [1.29, 1.82) is 0 Å². The molecular formula is C18H21ClN2. The minimum atomic E-state index is 0.848. The SMILES string of the molecule is CN(Cc1ccccc1Cl)Cc1cccc2c1CCCN2. The molecule has 0 spiro atoms. The third kappa shape index (κ3) is 3.39. The lowest BCUT2D eigenvalue weighted by Crippen LogP contribution is -2.20. The van der Waals surface area contributed by atoms with Crippen molar-refractivity contribution in [3.05, 3.63) is 64.2 Å². The molecule has 0 aliphatic carbocycles. The van der Waals surface area contributed by atoms with E-state index in [1.807, 2.05) is 18.2 Å². The molecule has 0 saturated carbocycles. The summed E-state index contributed by atoms with van der Waals surface area (Å²) in [5.74, 6) is 0. The Bertz CT molecular complexity index is 624. The van der Waals surface area contributed by atoms with E-state index in [1.54, 1.807) is 0 Å². The standard InChI is InChI=1S/C18H21ClN2/c1-21(13-15-6-2-3-9-17(15)19)12-14-7-4-10-18-16(14)8-5-11-20-18/h2-4,6-7,9-10,20H,5,8,11-13H2,1H3. The first kappa shape index (κ1) is 14.4. The molecule has 1 aliphatic rings. The fourth-order valence-corrected chi connectivity index (χ4v) is 3.19. The quantitative estimate of drug-likeness (QED) is 0.904. The summed E-state index contributed by atoms with van der Waals surface area (Å²) < 4.78 is 0. The topological polar surface area (TPSA) is 15.3 Å². The van der Waals surface area contributed by atoms with Crippen molar-refractivity contribution < 1.29 is 0 Å². The lowest BCUT2D eigenvalue weighted by molar-refractivity contribution is 0.318. The monoisotopic (exact) mass is 300 g/mol. The summed E-state index contributed by atoms with van der Waals surface area (Å²) in [5, 5.41) is 4.34. The lowest BCUT2D eigenvalue weighted by Gasteiger charge is -2.24. The summed E-state index contributed by atoms with van der Waals surface area (Å²) in [7, 11) is 2.15. The number of nitrogens with one attached hydrogen (secondary N) is 1. The van der Waals surface area contributed by atoms with Gasteiger partial charge in [0.15, 0.2) is 0 Å². The van der Waals surface area contributed by atoms with Crippen LogP contribution in [0.25, 0.3) is 0 Å². The second kappa shape index (κ2) is 6.50. The van der Waals surface area contributed by atoms with Gasteiger partial charge in [-0.1, -0.05) is 41.9 Å². The normalized spacial score (nSPS) is 13.9. The minimum absolute atomic E-state index is 0.848. The average molecular weight is 301 g/mol. The number of rotatable bonds is 4. The molecule has 2 aromatic carbocycles. The maximum absolute atomic E-state index is 6.25. The number of anilines is 1. The van der Waals surface area contributed by atoms with Crippen molar-refractivity contribution in [2.75, 3.05) is 18.9 Å². The summed E-state index contributed by atoms with van der Waals surface area (Å²) in [6.45, 7) is 2.92. The molecule has 0 radical (unpaired) electrons. The van der Waals surface area contributed by atoms with Crippen LogP contribution in [0.3, 0.4) is 0 Å². The average Bonchev–Trinajstić information content (AvgIpc) is 2.50. The fraction of sp³-hybridized carbons (Fsp3) is 0.333. The van der Waals surface area contributed by atoms with Crippen LogP contribution in [0.15, 0.2) is 42.5 Å². The zero-order valence-electron chi connectivity index (χ0n) is 12.4. The number of hydrogen-bond acceptors (Lipinski definition) is 2. The molecule has 2 aromatic rings. The van der Waals surface area contributed by atoms with Crippen molar-refractivity contribution in [1.82, 2.24) is 4.90 Å². The van der Waals surface area contributed by atoms with E-state index in [9.17, 15) is 0 Å². The second-order valence-electron chi connectivity index (χ2n) is 5.74. The predicted octanol–water partition coefficient (Wildman–Crippen LogP) is 4.33. The summed E-state index contributed by atoms with van der Waals surface area (Å²) in [6.07, 6.45) is 2.40. The van der Waals surface area contributed by atoms with E-state index in [0.29, 0.717) is 0 Å². The smallest absolute Gasteiger partial charge is 0.0451 e. The number of halogens is 1. The van der Waals surface area contributed by atoms with Crippen molar-refractivity contribution in [2.24, 2.45) is 0 Å². The summed E-state index contributed by atoms with van der Waals surface area (Å²) in [6, 6.07) is 14.7. The van der Waals surface area contributed by atoms with Crippen LogP contribution in [0.1, 0.15) is 23.1 Å². The molecule has 21 heavy (non-hydrogen) atoms. The van der Waals surface area contributed by atoms with E-state index in [-0.39, 0.29) is 0 Å². The molecule has 0 atom stereocenters. The van der Waals surface area contributed by atoms with Crippen LogP contribution in [0, 0.1) is 0 Å². The Labute approximate surface area is 131 Å². The van der Waals surface area contributed by atoms with Gasteiger partial charge in [-0.2, -0.15) is 0 Å². The molecule has 2 nitrogen and oxygen atoms in total. The molecule has 110 valence electrons. The van der Waals surface area contributed by atoms with Crippen LogP contribution in [-0.4, -0.2) is 18.5 Å². The van der Waals surface area contributed by atoms with Gasteiger partial charge in [0.25, 0.3) is 0 Å². The Hall–Kier alpha value is -1.51. The first-order valence-electron chi connectivity index (χ1n) is 7.50. The van der Waals surface area contributed by atoms with Crippen LogP contribution in [0.4, 0.5) is 5.69 Å². The number of nitrogens with zero attached hydrogens (tertiary/aromatic N) is 1. The highest BCUT2D eigenvalue weighted by atomic mass is 35.5. The van der Waals surface area contributed by atoms with Gasteiger partial charge in [-0.3, -0.25) is 4.90 Å². The second-order valence-corrected chi connectivity index (χ2v) is 6.14. The van der Waals surface area contributed by atoms with Gasteiger partial charge in [-0.15, -0.1) is 0 Å². The highest BCUT2D eigenvalue weighted by Gasteiger charge is 2.13. The Morgan fingerprint density at radius 2 is 1.81 bits per heavy atom. The highest BCUT2D eigenvalue weighted by molar-refractivity contribution is 6.31. The first-order valence-corrected chi connectivity index (χ1v) is 7.88. The van der Waals surface area contributed by atoms with E-state index in [4.69, 9.17) is 11.6 Å². The highest BCUT2D eigenvalue weighted by Crippen LogP contribution is 2.26. The summed E-state index contributed by atoms with van der Waals surface area (Å²) >= 11 is 6.25. The fourth-order valence-electron chi connectivity index (χ4n) is 3.00. The van der Waals surface area contributed by atoms with Crippen molar-refractivity contribution >= 4 is 17.3 Å². The van der Waals surface area contributed by atoms with Crippen LogP contribution < -0.4 is 5.32 Å². The number of fused-ring (bicyclic) bond motifs is 1. The lowest BCUT2D eigenvalue weighted by atomic mass is 9.97. The molecule has 3 heteroatoms. The van der Waals surface area contributed by atoms with Crippen LogP contribution in [0.2, 0.25) is 5.02 Å². The van der Waals surface area contributed by atoms with Gasteiger partial charge in [-0.25, -0.2) is 0 Å². The molecule has 0 saturated heterocycles. The van der Waals surface area contributed by atoms with E-state index in [1.165, 1.54) is 35.2 Å². The maximum Gasteiger partial charge on any atom is 0.0451 e. The van der Waals surface area contributed by atoms with E-state index >= 15 is 0 Å². The Morgan fingerprint density at radius 1 is 1.05 bits per heavy atom. The van der Waals surface area contributed by atoms with Crippen LogP contribution >= 0.6 is 11.6 Å². The molecule has 0 fully saturated rings. The number of hydrogen-bond donors (Lipinski definition) is 1. The van der Waals surface area contributed by atoms with Gasteiger partial charge in [0.05, 0.1) is 0 Å². The maximum atomic E-state index is 6.25. The van der Waals surface area contributed by atoms with E-state index in [0.717, 1.165) is 24.7 Å². The minimum Gasteiger partial charge on any atom is -0.385 e. The molecule has 1 aliphatic heterocycles. The molecule has 0 aromatic heterocycles. The molecule has 0 amide bonds. The van der Waals surface area contributed by atoms with E-state index < -0.39 is 0 Å². The van der Waals surface area contributed by atoms with Crippen molar-refractivity contribution in [2.45, 2.75) is 25.9 Å². The van der Waals surface area contributed by atoms with Gasteiger partial charge in [0.2, 0.25) is 0 Å². The third-order valence-electron chi connectivity index (χ3n) is 4.03. The Morgan fingerprint density at radius 3 is 2.67 bits per heavy atom. The molecule has 1 N–H and O–H groups in total. The Balaban J connectivity index is 1.73. The van der Waals surface area contributed by atoms with Crippen molar-refractivity contribution in [3.63, 3.8) is 0 Å². The molecule has 0 unspecified atom stereocenters. The van der Waals surface area contributed by atoms with Gasteiger partial charge in [-0.05, 0) is 48.7 Å². The van der Waals surface area contributed by atoms with Gasteiger partial charge in [0, 0.05) is 30.3 Å².